The molecule has 1 aliphatic heterocycles. The van der Waals surface area contributed by atoms with Gasteiger partial charge in [0.05, 0.1) is 5.56 Å². The molecule has 0 radical (unpaired) electrons. The third-order valence-electron chi connectivity index (χ3n) is 5.01. The molecule has 1 aliphatic carbocycles. The van der Waals surface area contributed by atoms with Crippen LogP contribution in [0, 0.1) is 11.8 Å². The summed E-state index contributed by atoms with van der Waals surface area (Å²) >= 11 is 0. The number of carbonyl (C=O) groups is 1. The number of rotatable bonds is 2. The highest BCUT2D eigenvalue weighted by Crippen LogP contribution is 2.32. The Morgan fingerprint density at radius 2 is 2.05 bits per heavy atom. The number of carbonyl (C=O) groups excluding carboxylic acids is 1. The molecule has 1 saturated heterocycles. The second-order valence-electron chi connectivity index (χ2n) is 6.31. The minimum atomic E-state index is -0.00523. The highest BCUT2D eigenvalue weighted by molar-refractivity contribution is 6.05. The van der Waals surface area contributed by atoms with Gasteiger partial charge in [-0.1, -0.05) is 18.2 Å². The van der Waals surface area contributed by atoms with Crippen LogP contribution >= 0.6 is 0 Å². The van der Waals surface area contributed by atoms with Crippen molar-refractivity contribution in [3.8, 4) is 0 Å². The van der Waals surface area contributed by atoms with Crippen molar-refractivity contribution in [2.24, 2.45) is 11.8 Å². The summed E-state index contributed by atoms with van der Waals surface area (Å²) in [5, 5.41) is 7.56. The lowest BCUT2D eigenvalue weighted by molar-refractivity contribution is 0.0914. The van der Waals surface area contributed by atoms with Crippen molar-refractivity contribution in [2.75, 3.05) is 13.1 Å². The van der Waals surface area contributed by atoms with Gasteiger partial charge in [0.25, 0.3) is 5.91 Å². The smallest absolute Gasteiger partial charge is 0.255 e. The number of hydrogen-bond donors (Lipinski definition) is 2. The summed E-state index contributed by atoms with van der Waals surface area (Å²) in [5.41, 5.74) is 1.42. The van der Waals surface area contributed by atoms with Crippen LogP contribution in [0.25, 0.3) is 11.0 Å². The maximum atomic E-state index is 12.5. The third-order valence-corrected chi connectivity index (χ3v) is 5.01. The van der Waals surface area contributed by atoms with Gasteiger partial charge in [-0.2, -0.15) is 0 Å². The van der Waals surface area contributed by atoms with Gasteiger partial charge in [-0.05, 0) is 50.3 Å². The molecule has 1 aromatic carbocycles. The Kier molecular flexibility index (Phi) is 3.19. The summed E-state index contributed by atoms with van der Waals surface area (Å²) < 4.78 is 5.46. The van der Waals surface area contributed by atoms with Crippen molar-refractivity contribution in [2.45, 2.75) is 25.3 Å². The molecule has 4 rings (SSSR count). The molecule has 0 bridgehead atoms. The first-order chi connectivity index (χ1) is 10.3. The number of fused-ring (bicyclic) bond motifs is 2. The van der Waals surface area contributed by atoms with Gasteiger partial charge in [-0.3, -0.25) is 4.79 Å². The summed E-state index contributed by atoms with van der Waals surface area (Å²) in [6.45, 7) is 2.25. The average molecular weight is 284 g/mol. The molecular formula is C17H20N2O2. The van der Waals surface area contributed by atoms with Crippen LogP contribution < -0.4 is 10.6 Å². The molecule has 2 N–H and O–H groups in total. The Morgan fingerprint density at radius 1 is 1.19 bits per heavy atom. The molecule has 1 saturated carbocycles. The first-order valence-electron chi connectivity index (χ1n) is 7.79. The van der Waals surface area contributed by atoms with E-state index in [0.29, 0.717) is 11.6 Å². The predicted octanol–water partition coefficient (Wildman–Crippen LogP) is 2.55. The van der Waals surface area contributed by atoms with Crippen LogP contribution in [0.15, 0.2) is 34.9 Å². The largest absolute Gasteiger partial charge is 0.463 e. The van der Waals surface area contributed by atoms with E-state index in [1.54, 1.807) is 6.26 Å². The van der Waals surface area contributed by atoms with E-state index in [1.165, 1.54) is 6.42 Å². The first-order valence-corrected chi connectivity index (χ1v) is 7.79. The molecule has 21 heavy (non-hydrogen) atoms. The second kappa shape index (κ2) is 5.19. The van der Waals surface area contributed by atoms with Crippen molar-refractivity contribution in [1.29, 1.82) is 0 Å². The zero-order chi connectivity index (χ0) is 14.2. The molecule has 2 aliphatic rings. The normalized spacial score (nSPS) is 28.5. The van der Waals surface area contributed by atoms with E-state index < -0.39 is 0 Å². The highest BCUT2D eigenvalue weighted by Gasteiger charge is 2.34. The van der Waals surface area contributed by atoms with Crippen LogP contribution in [0.5, 0.6) is 0 Å². The summed E-state index contributed by atoms with van der Waals surface area (Å²) in [5.74, 6) is 1.53. The maximum Gasteiger partial charge on any atom is 0.255 e. The number of hydrogen-bond acceptors (Lipinski definition) is 3. The highest BCUT2D eigenvalue weighted by atomic mass is 16.3. The van der Waals surface area contributed by atoms with Gasteiger partial charge < -0.3 is 15.1 Å². The van der Waals surface area contributed by atoms with Gasteiger partial charge in [0.1, 0.15) is 11.8 Å². The number of amides is 1. The van der Waals surface area contributed by atoms with E-state index in [2.05, 4.69) is 10.6 Å². The van der Waals surface area contributed by atoms with Crippen molar-refractivity contribution in [1.82, 2.24) is 10.6 Å². The lowest BCUT2D eigenvalue weighted by atomic mass is 9.79. The van der Waals surface area contributed by atoms with E-state index in [0.717, 1.165) is 48.7 Å². The van der Waals surface area contributed by atoms with Crippen LogP contribution in [0.1, 0.15) is 29.6 Å². The van der Waals surface area contributed by atoms with E-state index in [-0.39, 0.29) is 5.91 Å². The molecule has 2 aromatic rings. The summed E-state index contributed by atoms with van der Waals surface area (Å²) in [6.07, 6.45) is 4.97. The fraction of sp³-hybridized carbons (Fsp3) is 0.471. The van der Waals surface area contributed by atoms with Crippen LogP contribution in [0.3, 0.4) is 0 Å². The van der Waals surface area contributed by atoms with Crippen LogP contribution in [0.4, 0.5) is 0 Å². The molecule has 2 fully saturated rings. The number of furan rings is 1. The molecule has 3 atom stereocenters. The first kappa shape index (κ1) is 12.9. The summed E-state index contributed by atoms with van der Waals surface area (Å²) in [6, 6.07) is 7.98. The molecule has 1 aromatic heterocycles. The van der Waals surface area contributed by atoms with E-state index in [4.69, 9.17) is 4.42 Å². The SMILES string of the molecule is O=C(NC1CC[C@H]2CNC[C@H]2C1)c1coc2ccccc12. The van der Waals surface area contributed by atoms with Gasteiger partial charge in [-0.15, -0.1) is 0 Å². The minimum absolute atomic E-state index is 0.00523. The van der Waals surface area contributed by atoms with Gasteiger partial charge in [0, 0.05) is 11.4 Å². The monoisotopic (exact) mass is 284 g/mol. The standard InChI is InChI=1S/C17H20N2O2/c20-17(15-10-21-16-4-2-1-3-14(15)16)19-13-6-5-11-8-18-9-12(11)7-13/h1-4,10-13,18H,5-9H2,(H,19,20)/t11-,12+,13?/m0/s1. The molecule has 4 nitrogen and oxygen atoms in total. The zero-order valence-corrected chi connectivity index (χ0v) is 12.0. The Bertz CT molecular complexity index is 664. The van der Waals surface area contributed by atoms with Crippen molar-refractivity contribution in [3.63, 3.8) is 0 Å². The van der Waals surface area contributed by atoms with Crippen molar-refractivity contribution < 1.29 is 9.21 Å². The number of para-hydroxylation sites is 1. The summed E-state index contributed by atoms with van der Waals surface area (Å²) in [4.78, 5) is 12.5. The molecule has 4 heteroatoms. The molecule has 1 unspecified atom stereocenters. The van der Waals surface area contributed by atoms with Gasteiger partial charge in [-0.25, -0.2) is 0 Å². The Morgan fingerprint density at radius 3 is 3.00 bits per heavy atom. The fourth-order valence-electron chi connectivity index (χ4n) is 3.85. The molecule has 1 amide bonds. The van der Waals surface area contributed by atoms with Gasteiger partial charge in [0.15, 0.2) is 0 Å². The van der Waals surface area contributed by atoms with Gasteiger partial charge in [0.2, 0.25) is 0 Å². The second-order valence-corrected chi connectivity index (χ2v) is 6.31. The van der Waals surface area contributed by atoms with Crippen LogP contribution in [-0.2, 0) is 0 Å². The minimum Gasteiger partial charge on any atom is -0.463 e. The van der Waals surface area contributed by atoms with Crippen molar-refractivity contribution in [3.05, 3.63) is 36.1 Å². The number of nitrogens with one attached hydrogen (secondary N) is 2. The quantitative estimate of drug-likeness (QED) is 0.891. The lowest BCUT2D eigenvalue weighted by Gasteiger charge is -2.31. The third kappa shape index (κ3) is 2.33. The predicted molar refractivity (Wildman–Crippen MR) is 81.2 cm³/mol. The molecule has 110 valence electrons. The van der Waals surface area contributed by atoms with E-state index in [9.17, 15) is 4.79 Å². The lowest BCUT2D eigenvalue weighted by Crippen LogP contribution is -2.40. The van der Waals surface area contributed by atoms with E-state index in [1.807, 2.05) is 24.3 Å². The Labute approximate surface area is 123 Å². The van der Waals surface area contributed by atoms with E-state index >= 15 is 0 Å². The molecular weight excluding hydrogens is 264 g/mol. The molecule has 0 spiro atoms. The summed E-state index contributed by atoms with van der Waals surface area (Å²) in [7, 11) is 0. The molecule has 2 heterocycles. The Hall–Kier alpha value is -1.81. The van der Waals surface area contributed by atoms with Crippen LogP contribution in [0.2, 0.25) is 0 Å². The topological polar surface area (TPSA) is 54.3 Å². The van der Waals surface area contributed by atoms with Crippen LogP contribution in [-0.4, -0.2) is 25.0 Å². The zero-order valence-electron chi connectivity index (χ0n) is 12.0. The van der Waals surface area contributed by atoms with Gasteiger partial charge >= 0.3 is 0 Å². The average Bonchev–Trinajstić information content (AvgIpc) is 3.13. The fourth-order valence-corrected chi connectivity index (χ4v) is 3.85. The Balaban J connectivity index is 1.48. The number of benzene rings is 1. The van der Waals surface area contributed by atoms with Crippen molar-refractivity contribution >= 4 is 16.9 Å². The maximum absolute atomic E-state index is 12.5.